The maximum absolute atomic E-state index is 12.6. The van der Waals surface area contributed by atoms with Crippen LogP contribution in [0.5, 0.6) is 5.75 Å². The van der Waals surface area contributed by atoms with Crippen LogP contribution in [-0.2, 0) is 38.5 Å². The van der Waals surface area contributed by atoms with Crippen LogP contribution in [0, 0.1) is 11.3 Å². The Bertz CT molecular complexity index is 1200. The number of rotatable bonds is 7. The molecule has 2 N–H and O–H groups in total. The molecule has 3 saturated carbocycles. The van der Waals surface area contributed by atoms with Gasteiger partial charge in [0.15, 0.2) is 11.6 Å². The first kappa shape index (κ1) is 22.8. The van der Waals surface area contributed by atoms with Crippen molar-refractivity contribution in [3.8, 4) is 17.1 Å². The number of aryl methyl sites for hydroxylation is 1. The molecule has 33 heavy (non-hydrogen) atoms. The van der Waals surface area contributed by atoms with Crippen LogP contribution in [0.15, 0.2) is 30.6 Å². The zero-order valence-electron chi connectivity index (χ0n) is 18.2. The Morgan fingerprint density at radius 3 is 2.58 bits per heavy atom. The van der Waals surface area contributed by atoms with E-state index >= 15 is 0 Å². The number of benzene rings is 1. The van der Waals surface area contributed by atoms with Crippen molar-refractivity contribution in [3.05, 3.63) is 36.3 Å². The molecule has 166 valence electrons. The molecular weight excluding hydrogens is 480 g/mol. The van der Waals surface area contributed by atoms with E-state index in [0.717, 1.165) is 19.3 Å². The number of carbonyl (C=O) groups excluding carboxylic acids is 2. The van der Waals surface area contributed by atoms with Crippen LogP contribution in [0.1, 0.15) is 25.0 Å². The minimum atomic E-state index is -0.247. The molecule has 0 atom stereocenters. The predicted octanol–water partition coefficient (Wildman–Crippen LogP) is 2.10. The molecule has 3 aromatic rings. The van der Waals surface area contributed by atoms with E-state index in [1.165, 1.54) is 0 Å². The molecular formula is C21H20N7O4Zn-. The van der Waals surface area contributed by atoms with E-state index in [9.17, 15) is 9.59 Å². The molecule has 2 bridgehead atoms. The van der Waals surface area contributed by atoms with Crippen LogP contribution < -0.4 is 15.4 Å². The summed E-state index contributed by atoms with van der Waals surface area (Å²) in [5.74, 6) is 1.93. The first-order chi connectivity index (χ1) is 16.0. The van der Waals surface area contributed by atoms with Crippen LogP contribution in [0.3, 0.4) is 0 Å². The van der Waals surface area contributed by atoms with Crippen LogP contribution in [-0.4, -0.2) is 44.3 Å². The van der Waals surface area contributed by atoms with Crippen molar-refractivity contribution in [2.75, 3.05) is 17.7 Å². The number of amides is 1. The first-order valence-corrected chi connectivity index (χ1v) is 11.4. The maximum atomic E-state index is 12.6. The molecule has 0 aliphatic heterocycles. The molecule has 11 nitrogen and oxygen atoms in total. The van der Waals surface area contributed by atoms with E-state index in [2.05, 4.69) is 30.9 Å². The molecule has 2 heterocycles. The number of anilines is 3. The van der Waals surface area contributed by atoms with E-state index in [-0.39, 0.29) is 41.1 Å². The van der Waals surface area contributed by atoms with Crippen molar-refractivity contribution < 1.29 is 36.2 Å². The van der Waals surface area contributed by atoms with Gasteiger partial charge in [0.05, 0.1) is 23.8 Å². The standard InChI is InChI=1S/C21H20N7O3.O.Zn/c1-28-11-22-19(27-28)13-4-3-5-14(18(13)31-2)23-15-6-17(26-25-16(15)10-29)24-20(30)21-7-12(8-21)9-21;;/h3-6,11-12H,7-9H2,1-2H3,(H2,23,24,26,30);;/q-1;;. The molecule has 2 aromatic heterocycles. The predicted molar refractivity (Wildman–Crippen MR) is 112 cm³/mol. The van der Waals surface area contributed by atoms with Gasteiger partial charge in [0.25, 0.3) is 0 Å². The van der Waals surface area contributed by atoms with Crippen molar-refractivity contribution in [1.29, 1.82) is 0 Å². The summed E-state index contributed by atoms with van der Waals surface area (Å²) in [5, 5.41) is 18.2. The van der Waals surface area contributed by atoms with Crippen LogP contribution >= 0.6 is 0 Å². The average Bonchev–Trinajstić information content (AvgIpc) is 3.19. The summed E-state index contributed by atoms with van der Waals surface area (Å²) in [4.78, 5) is 28.3. The zero-order valence-corrected chi connectivity index (χ0v) is 21.1. The van der Waals surface area contributed by atoms with Crippen molar-refractivity contribution in [2.24, 2.45) is 18.4 Å². The first-order valence-electron chi connectivity index (χ1n) is 10.2. The number of hydrogen-bond acceptors (Lipinski definition) is 9. The zero-order chi connectivity index (χ0) is 23.6. The fraction of sp³-hybridized carbons (Fsp3) is 0.333. The normalized spacial score (nSPS) is 19.8. The number of nitrogens with one attached hydrogen (secondary N) is 2. The van der Waals surface area contributed by atoms with Gasteiger partial charge in [0, 0.05) is 13.3 Å². The summed E-state index contributed by atoms with van der Waals surface area (Å²) in [7, 11) is 3.32. The number of ether oxygens (including phenoxy) is 1. The molecule has 12 heteroatoms. The van der Waals surface area contributed by atoms with Gasteiger partial charge in [-0.05, 0) is 43.0 Å². The summed E-state index contributed by atoms with van der Waals surface area (Å²) in [6, 6.07) is 7.02. The van der Waals surface area contributed by atoms with Gasteiger partial charge >= 0.3 is 21.8 Å². The topological polar surface area (TPSA) is 141 Å². The third kappa shape index (κ3) is 4.18. The van der Waals surface area contributed by atoms with Gasteiger partial charge in [0.1, 0.15) is 12.1 Å². The Morgan fingerprint density at radius 2 is 2.00 bits per heavy atom. The molecule has 0 spiro atoms. The van der Waals surface area contributed by atoms with Crippen molar-refractivity contribution in [3.63, 3.8) is 0 Å². The molecule has 1 aromatic carbocycles. The number of methoxy groups -OCH3 is 1. The second-order valence-corrected chi connectivity index (χ2v) is 8.06. The molecule has 3 aliphatic rings. The van der Waals surface area contributed by atoms with Gasteiger partial charge in [-0.25, -0.2) is 4.98 Å². The Kier molecular flexibility index (Phi) is 6.37. The Morgan fingerprint density at radius 1 is 1.24 bits per heavy atom. The Labute approximate surface area is 199 Å². The molecule has 1 amide bonds. The number of aromatic nitrogens is 5. The van der Waals surface area contributed by atoms with E-state index in [4.69, 9.17) is 8.31 Å². The number of nitrogens with zero attached hydrogens (tertiary/aromatic N) is 5. The molecule has 0 radical (unpaired) electrons. The third-order valence-electron chi connectivity index (χ3n) is 5.98. The van der Waals surface area contributed by atoms with Gasteiger partial charge in [-0.1, -0.05) is 17.8 Å². The van der Waals surface area contributed by atoms with E-state index in [1.54, 1.807) is 43.6 Å². The average molecular weight is 500 g/mol. The third-order valence-corrected chi connectivity index (χ3v) is 5.98. The summed E-state index contributed by atoms with van der Waals surface area (Å²) in [5.41, 5.74) is 1.36. The molecule has 0 saturated heterocycles. The quantitative estimate of drug-likeness (QED) is 0.369. The van der Waals surface area contributed by atoms with Gasteiger partial charge < -0.3 is 20.2 Å². The second-order valence-electron chi connectivity index (χ2n) is 8.06. The Hall–Kier alpha value is -3.40. The summed E-state index contributed by atoms with van der Waals surface area (Å²) >= 11 is 0.125. The van der Waals surface area contributed by atoms with Gasteiger partial charge in [-0.3, -0.25) is 9.48 Å². The van der Waals surface area contributed by atoms with Crippen molar-refractivity contribution in [2.45, 2.75) is 19.3 Å². The Balaban J connectivity index is 0.00000126. The fourth-order valence-corrected chi connectivity index (χ4v) is 4.27. The summed E-state index contributed by atoms with van der Waals surface area (Å²) < 4.78 is 15.6. The van der Waals surface area contributed by atoms with Crippen LogP contribution in [0.2, 0.25) is 0 Å². The van der Waals surface area contributed by atoms with Gasteiger partial charge in [0.2, 0.25) is 5.91 Å². The van der Waals surface area contributed by atoms with Gasteiger partial charge in [-0.2, -0.15) is 10.2 Å². The van der Waals surface area contributed by atoms with E-state index < -0.39 is 0 Å². The van der Waals surface area contributed by atoms with Crippen molar-refractivity contribution in [1.82, 2.24) is 25.0 Å². The molecule has 0 unspecified atom stereocenters. The number of carbonyl (C=O) groups is 1. The molecule has 3 aliphatic carbocycles. The number of hydrogen-bond donors (Lipinski definition) is 2. The van der Waals surface area contributed by atoms with Crippen LogP contribution in [0.4, 0.5) is 17.2 Å². The summed E-state index contributed by atoms with van der Waals surface area (Å²) in [6.07, 6.45) is 6.18. The molecule has 3 fully saturated rings. The van der Waals surface area contributed by atoms with E-state index in [1.807, 2.05) is 12.1 Å². The monoisotopic (exact) mass is 498 g/mol. The van der Waals surface area contributed by atoms with E-state index in [0.29, 0.717) is 34.4 Å². The second kappa shape index (κ2) is 9.23. The minimum absolute atomic E-state index is 0.00747. The fourth-order valence-electron chi connectivity index (χ4n) is 4.27. The SMILES string of the molecule is COc1c(Nc2cc(NC(=O)C34CC(C3)C4)nnc2[C-]=O)cccc1-c1ncn(C)n1.[O]=[Zn]. The molecule has 6 rings (SSSR count). The van der Waals surface area contributed by atoms with Crippen LogP contribution in [0.25, 0.3) is 11.4 Å². The summed E-state index contributed by atoms with van der Waals surface area (Å²) in [6.45, 7) is 0. The van der Waals surface area contributed by atoms with Crippen molar-refractivity contribution >= 4 is 29.4 Å². The number of para-hydroxylation sites is 1. The van der Waals surface area contributed by atoms with Gasteiger partial charge in [-0.15, -0.1) is 5.10 Å².